The molecule has 0 unspecified atom stereocenters. The Hall–Kier alpha value is -1.31. The summed E-state index contributed by atoms with van der Waals surface area (Å²) < 4.78 is 0. The van der Waals surface area contributed by atoms with E-state index >= 15 is 0 Å². The van der Waals surface area contributed by atoms with Gasteiger partial charge in [-0.25, -0.2) is 0 Å². The van der Waals surface area contributed by atoms with Gasteiger partial charge in [-0.1, -0.05) is 11.8 Å². The van der Waals surface area contributed by atoms with Gasteiger partial charge in [0.15, 0.2) is 0 Å². The zero-order valence-electron chi connectivity index (χ0n) is 9.75. The van der Waals surface area contributed by atoms with Crippen LogP contribution in [0.3, 0.4) is 0 Å². The third-order valence-corrected chi connectivity index (χ3v) is 3.82. The molecule has 2 N–H and O–H groups in total. The average molecular weight is 249 g/mol. The van der Waals surface area contributed by atoms with Crippen LogP contribution < -0.4 is 5.32 Å². The summed E-state index contributed by atoms with van der Waals surface area (Å²) in [5.41, 5.74) is 0.993. The summed E-state index contributed by atoms with van der Waals surface area (Å²) in [6.07, 6.45) is 2.47. The van der Waals surface area contributed by atoms with Gasteiger partial charge in [0.05, 0.1) is 9.75 Å². The van der Waals surface area contributed by atoms with E-state index in [-0.39, 0.29) is 12.5 Å². The van der Waals surface area contributed by atoms with Crippen LogP contribution in [0.25, 0.3) is 0 Å². The molecule has 2 rings (SSSR count). The van der Waals surface area contributed by atoms with Crippen LogP contribution >= 0.6 is 11.3 Å². The molecule has 4 heteroatoms. The zero-order chi connectivity index (χ0) is 12.3. The highest BCUT2D eigenvalue weighted by Crippen LogP contribution is 2.28. The number of hydrogen-bond donors (Lipinski definition) is 2. The van der Waals surface area contributed by atoms with Crippen molar-refractivity contribution in [3.8, 4) is 11.8 Å². The van der Waals surface area contributed by atoms with Crippen molar-refractivity contribution in [2.24, 2.45) is 5.92 Å². The van der Waals surface area contributed by atoms with Crippen LogP contribution in [0.4, 0.5) is 0 Å². The first-order chi connectivity index (χ1) is 8.20. The minimum Gasteiger partial charge on any atom is -0.384 e. The Bertz CT molecular complexity index is 477. The van der Waals surface area contributed by atoms with Crippen molar-refractivity contribution in [2.75, 3.05) is 13.2 Å². The van der Waals surface area contributed by atoms with Crippen LogP contribution in [0.2, 0.25) is 0 Å². The normalized spacial score (nSPS) is 14.0. The van der Waals surface area contributed by atoms with Gasteiger partial charge in [-0.15, -0.1) is 11.3 Å². The number of aryl methyl sites for hydroxylation is 1. The van der Waals surface area contributed by atoms with Crippen molar-refractivity contribution in [1.29, 1.82) is 0 Å². The van der Waals surface area contributed by atoms with Crippen LogP contribution in [-0.4, -0.2) is 24.2 Å². The van der Waals surface area contributed by atoms with Crippen molar-refractivity contribution >= 4 is 17.2 Å². The van der Waals surface area contributed by atoms with E-state index in [0.29, 0.717) is 10.8 Å². The zero-order valence-corrected chi connectivity index (χ0v) is 10.6. The monoisotopic (exact) mass is 249 g/mol. The summed E-state index contributed by atoms with van der Waals surface area (Å²) in [5.74, 6) is 6.13. The fraction of sp³-hybridized carbons (Fsp3) is 0.462. The lowest BCUT2D eigenvalue weighted by atomic mass is 10.2. The van der Waals surface area contributed by atoms with Crippen molar-refractivity contribution in [3.05, 3.63) is 21.4 Å². The number of amides is 1. The molecular weight excluding hydrogens is 234 g/mol. The van der Waals surface area contributed by atoms with E-state index in [1.165, 1.54) is 24.2 Å². The second kappa shape index (κ2) is 5.35. The Kier molecular flexibility index (Phi) is 3.82. The summed E-state index contributed by atoms with van der Waals surface area (Å²) in [6.45, 7) is 2.56. The van der Waals surface area contributed by atoms with Crippen LogP contribution in [0.15, 0.2) is 6.07 Å². The fourth-order valence-electron chi connectivity index (χ4n) is 1.48. The molecule has 0 spiro atoms. The highest BCUT2D eigenvalue weighted by atomic mass is 32.1. The van der Waals surface area contributed by atoms with Gasteiger partial charge in [-0.05, 0) is 37.3 Å². The molecule has 0 bridgehead atoms. The van der Waals surface area contributed by atoms with Gasteiger partial charge in [0, 0.05) is 6.54 Å². The maximum Gasteiger partial charge on any atom is 0.261 e. The standard InChI is InChI=1S/C13H15NO2S/c1-9-7-12(17-11(9)3-2-6-15)13(16)14-8-10-4-5-10/h7,10,15H,4-6,8H2,1H3,(H,14,16). The first kappa shape index (κ1) is 12.2. The number of nitrogens with one attached hydrogen (secondary N) is 1. The lowest BCUT2D eigenvalue weighted by Gasteiger charge is -2.00. The quantitative estimate of drug-likeness (QED) is 0.798. The molecule has 1 fully saturated rings. The molecule has 1 heterocycles. The van der Waals surface area contributed by atoms with Crippen molar-refractivity contribution in [3.63, 3.8) is 0 Å². The first-order valence-corrected chi connectivity index (χ1v) is 6.50. The van der Waals surface area contributed by atoms with Gasteiger partial charge in [0.2, 0.25) is 0 Å². The molecule has 90 valence electrons. The molecule has 1 aliphatic rings. The lowest BCUT2D eigenvalue weighted by Crippen LogP contribution is -2.24. The molecule has 3 nitrogen and oxygen atoms in total. The summed E-state index contributed by atoms with van der Waals surface area (Å²) in [4.78, 5) is 13.4. The Morgan fingerprint density at radius 3 is 3.06 bits per heavy atom. The SMILES string of the molecule is Cc1cc(C(=O)NCC2CC2)sc1C#CCO. The number of carbonyl (C=O) groups is 1. The fourth-order valence-corrected chi connectivity index (χ4v) is 2.45. The van der Waals surface area contributed by atoms with E-state index < -0.39 is 0 Å². The molecule has 1 aromatic heterocycles. The molecule has 0 aliphatic heterocycles. The highest BCUT2D eigenvalue weighted by Gasteiger charge is 2.22. The van der Waals surface area contributed by atoms with Gasteiger partial charge < -0.3 is 10.4 Å². The molecule has 0 atom stereocenters. The second-order valence-corrected chi connectivity index (χ2v) is 5.29. The van der Waals surface area contributed by atoms with E-state index in [1.807, 2.05) is 13.0 Å². The number of rotatable bonds is 3. The van der Waals surface area contributed by atoms with E-state index in [9.17, 15) is 4.79 Å². The Morgan fingerprint density at radius 1 is 1.65 bits per heavy atom. The number of aliphatic hydroxyl groups excluding tert-OH is 1. The number of carbonyl (C=O) groups excluding carboxylic acids is 1. The summed E-state index contributed by atoms with van der Waals surface area (Å²) in [5, 5.41) is 11.6. The Balaban J connectivity index is 2.01. The van der Waals surface area contributed by atoms with Crippen molar-refractivity contribution in [2.45, 2.75) is 19.8 Å². The predicted molar refractivity (Wildman–Crippen MR) is 68.1 cm³/mol. The summed E-state index contributed by atoms with van der Waals surface area (Å²) >= 11 is 1.38. The number of aliphatic hydroxyl groups is 1. The average Bonchev–Trinajstić information content (AvgIpc) is 3.07. The molecule has 0 saturated heterocycles. The maximum absolute atomic E-state index is 11.8. The molecule has 0 radical (unpaired) electrons. The third-order valence-electron chi connectivity index (χ3n) is 2.67. The number of thiophene rings is 1. The van der Waals surface area contributed by atoms with Crippen molar-refractivity contribution < 1.29 is 9.90 Å². The molecule has 1 amide bonds. The molecule has 1 aromatic rings. The van der Waals surface area contributed by atoms with Crippen molar-refractivity contribution in [1.82, 2.24) is 5.32 Å². The summed E-state index contributed by atoms with van der Waals surface area (Å²) in [7, 11) is 0. The maximum atomic E-state index is 11.8. The van der Waals surface area contributed by atoms with Gasteiger partial charge in [0.25, 0.3) is 5.91 Å². The molecule has 1 saturated carbocycles. The third kappa shape index (κ3) is 3.32. The van der Waals surface area contributed by atoms with E-state index in [2.05, 4.69) is 17.2 Å². The molecule has 17 heavy (non-hydrogen) atoms. The molecule has 0 aromatic carbocycles. The minimum absolute atomic E-state index is 0.0120. The number of hydrogen-bond acceptors (Lipinski definition) is 3. The van der Waals surface area contributed by atoms with E-state index in [0.717, 1.165) is 17.0 Å². The highest BCUT2D eigenvalue weighted by molar-refractivity contribution is 7.14. The topological polar surface area (TPSA) is 49.3 Å². The second-order valence-electron chi connectivity index (χ2n) is 4.24. The lowest BCUT2D eigenvalue weighted by molar-refractivity contribution is 0.0956. The predicted octanol–water partition coefficient (Wildman–Crippen LogP) is 1.54. The van der Waals surface area contributed by atoms with E-state index in [1.54, 1.807) is 0 Å². The minimum atomic E-state index is -0.152. The van der Waals surface area contributed by atoms with Crippen LogP contribution in [0, 0.1) is 24.7 Å². The first-order valence-electron chi connectivity index (χ1n) is 5.69. The van der Waals surface area contributed by atoms with Crippen LogP contribution in [-0.2, 0) is 0 Å². The van der Waals surface area contributed by atoms with Gasteiger partial charge in [-0.2, -0.15) is 0 Å². The van der Waals surface area contributed by atoms with Crippen LogP contribution in [0.5, 0.6) is 0 Å². The van der Waals surface area contributed by atoms with Crippen LogP contribution in [0.1, 0.15) is 33.0 Å². The van der Waals surface area contributed by atoms with Gasteiger partial charge in [-0.3, -0.25) is 4.79 Å². The Morgan fingerprint density at radius 2 is 2.41 bits per heavy atom. The van der Waals surface area contributed by atoms with Gasteiger partial charge >= 0.3 is 0 Å². The molecule has 1 aliphatic carbocycles. The smallest absolute Gasteiger partial charge is 0.261 e. The summed E-state index contributed by atoms with van der Waals surface area (Å²) in [6, 6.07) is 1.86. The largest absolute Gasteiger partial charge is 0.384 e. The van der Waals surface area contributed by atoms with Gasteiger partial charge in [0.1, 0.15) is 6.61 Å². The molecular formula is C13H15NO2S. The van der Waals surface area contributed by atoms with E-state index in [4.69, 9.17) is 5.11 Å². The Labute approximate surface area is 105 Å².